The number of benzene rings is 2. The second kappa shape index (κ2) is 8.94. The highest BCUT2D eigenvalue weighted by atomic mass is 35.5. The number of rotatable bonds is 7. The van der Waals surface area contributed by atoms with E-state index in [0.717, 1.165) is 17.4 Å². The van der Waals surface area contributed by atoms with E-state index in [1.54, 1.807) is 18.2 Å². The molecule has 0 radical (unpaired) electrons. The van der Waals surface area contributed by atoms with Crippen LogP contribution in [-0.2, 0) is 6.61 Å². The van der Waals surface area contributed by atoms with Gasteiger partial charge in [0.15, 0.2) is 11.5 Å². The Bertz CT molecular complexity index is 1290. The average molecular weight is 453 g/mol. The van der Waals surface area contributed by atoms with E-state index >= 15 is 0 Å². The maximum Gasteiger partial charge on any atom is 0.270 e. The van der Waals surface area contributed by atoms with Gasteiger partial charge >= 0.3 is 0 Å². The van der Waals surface area contributed by atoms with Gasteiger partial charge < -0.3 is 19.2 Å². The van der Waals surface area contributed by atoms with E-state index in [1.165, 1.54) is 19.2 Å². The van der Waals surface area contributed by atoms with E-state index in [0.29, 0.717) is 17.2 Å². The molecule has 0 aliphatic rings. The van der Waals surface area contributed by atoms with Gasteiger partial charge in [-0.2, -0.15) is 0 Å². The fourth-order valence-corrected chi connectivity index (χ4v) is 3.34. The van der Waals surface area contributed by atoms with Crippen LogP contribution in [0.25, 0.3) is 5.65 Å². The van der Waals surface area contributed by atoms with Crippen LogP contribution in [0.3, 0.4) is 0 Å². The van der Waals surface area contributed by atoms with Crippen molar-refractivity contribution in [3.05, 3.63) is 93.4 Å². The number of imidazole rings is 1. The minimum atomic E-state index is -0.580. The monoisotopic (exact) mass is 452 g/mol. The molecule has 0 saturated carbocycles. The summed E-state index contributed by atoms with van der Waals surface area (Å²) in [5.74, 6) is 0.388. The number of nitro groups is 1. The molecule has 1 amide bonds. The summed E-state index contributed by atoms with van der Waals surface area (Å²) in [6, 6.07) is 14.3. The van der Waals surface area contributed by atoms with Crippen LogP contribution in [0.15, 0.2) is 67.0 Å². The third-order valence-corrected chi connectivity index (χ3v) is 4.93. The molecule has 2 heterocycles. The number of hydrogen-bond acceptors (Lipinski definition) is 6. The Kier molecular flexibility index (Phi) is 5.91. The molecule has 32 heavy (non-hydrogen) atoms. The van der Waals surface area contributed by atoms with Gasteiger partial charge in [-0.15, -0.1) is 0 Å². The molecule has 0 spiro atoms. The molecule has 9 nitrogen and oxygen atoms in total. The van der Waals surface area contributed by atoms with Gasteiger partial charge in [0.05, 0.1) is 28.3 Å². The molecule has 0 aliphatic carbocycles. The Morgan fingerprint density at radius 2 is 2.03 bits per heavy atom. The Hall–Kier alpha value is -4.11. The first-order chi connectivity index (χ1) is 15.4. The van der Waals surface area contributed by atoms with Crippen LogP contribution in [0.2, 0.25) is 5.02 Å². The lowest BCUT2D eigenvalue weighted by Gasteiger charge is -2.13. The quantitative estimate of drug-likeness (QED) is 0.320. The number of anilines is 1. The lowest BCUT2D eigenvalue weighted by atomic mass is 10.2. The molecule has 10 heteroatoms. The number of carbonyl (C=O) groups is 1. The van der Waals surface area contributed by atoms with Gasteiger partial charge in [0.1, 0.15) is 12.3 Å². The van der Waals surface area contributed by atoms with Gasteiger partial charge in [0.2, 0.25) is 0 Å². The number of aromatic nitrogens is 2. The summed E-state index contributed by atoms with van der Waals surface area (Å²) in [7, 11) is 1.52. The van der Waals surface area contributed by atoms with E-state index in [-0.39, 0.29) is 22.9 Å². The van der Waals surface area contributed by atoms with Crippen molar-refractivity contribution in [1.82, 2.24) is 9.38 Å². The molecule has 4 aromatic rings. The predicted octanol–water partition coefficient (Wildman–Crippen LogP) is 4.74. The number of fused-ring (bicyclic) bond motifs is 1. The van der Waals surface area contributed by atoms with Crippen LogP contribution in [0.1, 0.15) is 16.1 Å². The standard InChI is InChI=1S/C22H17ClN4O5/c1-31-19-8-5-14(25-22(28)17-7-6-16(27(29)30)11-18(17)23)10-20(19)32-13-15-12-26-9-3-2-4-21(26)24-15/h2-12H,13H2,1H3,(H,25,28). The van der Waals surface area contributed by atoms with E-state index in [9.17, 15) is 14.9 Å². The van der Waals surface area contributed by atoms with Gasteiger partial charge in [-0.1, -0.05) is 17.7 Å². The first-order valence-electron chi connectivity index (χ1n) is 9.43. The lowest BCUT2D eigenvalue weighted by molar-refractivity contribution is -0.384. The van der Waals surface area contributed by atoms with Crippen molar-refractivity contribution in [1.29, 1.82) is 0 Å². The molecule has 0 fully saturated rings. The zero-order valence-electron chi connectivity index (χ0n) is 16.8. The van der Waals surface area contributed by atoms with Crippen LogP contribution in [-0.4, -0.2) is 27.3 Å². The first-order valence-corrected chi connectivity index (χ1v) is 9.81. The SMILES string of the molecule is COc1ccc(NC(=O)c2ccc([N+](=O)[O-])cc2Cl)cc1OCc1cn2ccccc2n1. The summed E-state index contributed by atoms with van der Waals surface area (Å²) in [5.41, 5.74) is 1.89. The number of non-ortho nitro benzene ring substituents is 1. The maximum atomic E-state index is 12.6. The van der Waals surface area contributed by atoms with E-state index < -0.39 is 10.8 Å². The summed E-state index contributed by atoms with van der Waals surface area (Å²) >= 11 is 6.05. The Morgan fingerprint density at radius 3 is 2.75 bits per heavy atom. The minimum absolute atomic E-state index is 0.0199. The number of halogens is 1. The lowest BCUT2D eigenvalue weighted by Crippen LogP contribution is -2.13. The molecule has 0 bridgehead atoms. The summed E-state index contributed by atoms with van der Waals surface area (Å²) in [6.45, 7) is 0.198. The molecule has 2 aromatic carbocycles. The van der Waals surface area contributed by atoms with Gasteiger partial charge in [0.25, 0.3) is 11.6 Å². The van der Waals surface area contributed by atoms with Gasteiger partial charge in [-0.05, 0) is 30.3 Å². The summed E-state index contributed by atoms with van der Waals surface area (Å²) < 4.78 is 13.1. The van der Waals surface area contributed by atoms with Gasteiger partial charge in [0, 0.05) is 36.3 Å². The summed E-state index contributed by atoms with van der Waals surface area (Å²) in [6.07, 6.45) is 3.76. The molecular formula is C22H17ClN4O5. The van der Waals surface area contributed by atoms with Crippen molar-refractivity contribution < 1.29 is 19.2 Å². The number of nitro benzene ring substituents is 1. The fraction of sp³-hybridized carbons (Fsp3) is 0.0909. The van der Waals surface area contributed by atoms with Crippen LogP contribution in [0.4, 0.5) is 11.4 Å². The smallest absolute Gasteiger partial charge is 0.270 e. The minimum Gasteiger partial charge on any atom is -0.493 e. The third-order valence-electron chi connectivity index (χ3n) is 4.62. The van der Waals surface area contributed by atoms with Crippen molar-refractivity contribution >= 4 is 34.5 Å². The number of hydrogen-bond donors (Lipinski definition) is 1. The third kappa shape index (κ3) is 4.47. The van der Waals surface area contributed by atoms with Gasteiger partial charge in [-0.3, -0.25) is 14.9 Å². The van der Waals surface area contributed by atoms with Crippen LogP contribution >= 0.6 is 11.6 Å². The molecule has 1 N–H and O–H groups in total. The molecule has 0 aliphatic heterocycles. The van der Waals surface area contributed by atoms with E-state index in [2.05, 4.69) is 10.3 Å². The second-order valence-electron chi connectivity index (χ2n) is 6.73. The second-order valence-corrected chi connectivity index (χ2v) is 7.14. The largest absolute Gasteiger partial charge is 0.493 e. The number of carbonyl (C=O) groups excluding carboxylic acids is 1. The highest BCUT2D eigenvalue weighted by Gasteiger charge is 2.16. The maximum absolute atomic E-state index is 12.6. The van der Waals surface area contributed by atoms with Crippen molar-refractivity contribution in [2.24, 2.45) is 0 Å². The topological polar surface area (TPSA) is 108 Å². The highest BCUT2D eigenvalue weighted by molar-refractivity contribution is 6.34. The van der Waals surface area contributed by atoms with Crippen LogP contribution in [0, 0.1) is 10.1 Å². The number of nitrogens with one attached hydrogen (secondary N) is 1. The molecule has 0 atom stereocenters. The Balaban J connectivity index is 1.51. The Labute approximate surface area is 187 Å². The number of pyridine rings is 1. The summed E-state index contributed by atoms with van der Waals surface area (Å²) in [4.78, 5) is 27.4. The molecule has 0 saturated heterocycles. The van der Waals surface area contributed by atoms with E-state index in [4.69, 9.17) is 21.1 Å². The first kappa shape index (κ1) is 21.1. The van der Waals surface area contributed by atoms with Crippen molar-refractivity contribution in [2.75, 3.05) is 12.4 Å². The average Bonchev–Trinajstić information content (AvgIpc) is 3.20. The number of nitrogens with zero attached hydrogens (tertiary/aromatic N) is 3. The Morgan fingerprint density at radius 1 is 1.19 bits per heavy atom. The van der Waals surface area contributed by atoms with Gasteiger partial charge in [-0.25, -0.2) is 4.98 Å². The van der Waals surface area contributed by atoms with Crippen molar-refractivity contribution in [3.63, 3.8) is 0 Å². The zero-order valence-corrected chi connectivity index (χ0v) is 17.6. The van der Waals surface area contributed by atoms with Crippen LogP contribution < -0.4 is 14.8 Å². The molecule has 0 unspecified atom stereocenters. The number of methoxy groups -OCH3 is 1. The molecule has 2 aromatic heterocycles. The molecular weight excluding hydrogens is 436 g/mol. The number of ether oxygens (including phenoxy) is 2. The summed E-state index contributed by atoms with van der Waals surface area (Å²) in [5, 5.41) is 13.5. The molecule has 162 valence electrons. The van der Waals surface area contributed by atoms with Crippen LogP contribution in [0.5, 0.6) is 11.5 Å². The van der Waals surface area contributed by atoms with Crippen molar-refractivity contribution in [2.45, 2.75) is 6.61 Å². The fourth-order valence-electron chi connectivity index (χ4n) is 3.08. The van der Waals surface area contributed by atoms with Crippen molar-refractivity contribution in [3.8, 4) is 11.5 Å². The normalized spacial score (nSPS) is 10.7. The van der Waals surface area contributed by atoms with E-state index in [1.807, 2.05) is 35.0 Å². The highest BCUT2D eigenvalue weighted by Crippen LogP contribution is 2.31. The zero-order chi connectivity index (χ0) is 22.7. The number of amides is 1. The predicted molar refractivity (Wildman–Crippen MR) is 119 cm³/mol. The molecule has 4 rings (SSSR count).